The Morgan fingerprint density at radius 2 is 2.42 bits per heavy atom. The van der Waals surface area contributed by atoms with Crippen molar-refractivity contribution in [3.63, 3.8) is 0 Å². The van der Waals surface area contributed by atoms with Gasteiger partial charge in [-0.15, -0.1) is 0 Å². The van der Waals surface area contributed by atoms with Crippen molar-refractivity contribution in [2.45, 2.75) is 6.42 Å². The Balaban J connectivity index is 3.04. The molecule has 0 aliphatic heterocycles. The summed E-state index contributed by atoms with van der Waals surface area (Å²) in [5.74, 6) is -1.82. The van der Waals surface area contributed by atoms with Gasteiger partial charge in [0.05, 0.1) is 6.42 Å². The molecule has 0 fully saturated rings. The lowest BCUT2D eigenvalue weighted by molar-refractivity contribution is -0.136. The van der Waals surface area contributed by atoms with Crippen molar-refractivity contribution in [2.75, 3.05) is 0 Å². The van der Waals surface area contributed by atoms with E-state index in [2.05, 4.69) is 20.9 Å². The van der Waals surface area contributed by atoms with Gasteiger partial charge >= 0.3 is 5.97 Å². The first-order valence-corrected chi connectivity index (χ1v) is 3.91. The van der Waals surface area contributed by atoms with Gasteiger partial charge in [0.15, 0.2) is 0 Å². The molecule has 0 aliphatic rings. The molecule has 0 radical (unpaired) electrons. The van der Waals surface area contributed by atoms with Crippen LogP contribution in [0.15, 0.2) is 16.7 Å². The van der Waals surface area contributed by atoms with E-state index < -0.39 is 11.9 Å². The zero-order valence-corrected chi connectivity index (χ0v) is 7.51. The fraction of sp³-hybridized carbons (Fsp3) is 0.143. The van der Waals surface area contributed by atoms with Crippen molar-refractivity contribution in [3.8, 4) is 0 Å². The van der Waals surface area contributed by atoms with Crippen LogP contribution in [-0.2, 0) is 11.2 Å². The van der Waals surface area contributed by atoms with Gasteiger partial charge in [-0.25, -0.2) is 4.98 Å². The molecular weight excluding hydrogens is 229 g/mol. The van der Waals surface area contributed by atoms with Crippen LogP contribution in [0.4, 0.5) is 4.39 Å². The van der Waals surface area contributed by atoms with Crippen LogP contribution in [-0.4, -0.2) is 16.1 Å². The van der Waals surface area contributed by atoms with E-state index in [1.54, 1.807) is 0 Å². The number of hydrogen-bond acceptors (Lipinski definition) is 2. The Hall–Kier alpha value is -0.970. The normalized spacial score (nSPS) is 9.83. The summed E-state index contributed by atoms with van der Waals surface area (Å²) in [6, 6.07) is 1.50. The molecule has 1 N–H and O–H groups in total. The standard InChI is InChI=1S/C7H5BrFNO2/c8-5-1-2-10-7(9)4(5)3-6(11)12/h1-2H,3H2,(H,11,12). The van der Waals surface area contributed by atoms with Gasteiger partial charge < -0.3 is 5.11 Å². The van der Waals surface area contributed by atoms with Crippen LogP contribution in [0.2, 0.25) is 0 Å². The summed E-state index contributed by atoms with van der Waals surface area (Å²) in [5.41, 5.74) is 0.0741. The van der Waals surface area contributed by atoms with Crippen molar-refractivity contribution >= 4 is 21.9 Å². The highest BCUT2D eigenvalue weighted by Gasteiger charge is 2.10. The van der Waals surface area contributed by atoms with Crippen LogP contribution in [0.3, 0.4) is 0 Å². The van der Waals surface area contributed by atoms with E-state index in [0.717, 1.165) is 0 Å². The van der Waals surface area contributed by atoms with E-state index in [-0.39, 0.29) is 12.0 Å². The number of aromatic nitrogens is 1. The van der Waals surface area contributed by atoms with Crippen molar-refractivity contribution in [3.05, 3.63) is 28.2 Å². The predicted octanol–water partition coefficient (Wildman–Crippen LogP) is 1.61. The number of carboxylic acid groups (broad SMARTS) is 1. The van der Waals surface area contributed by atoms with Gasteiger partial charge in [0.2, 0.25) is 5.95 Å². The number of hydrogen-bond donors (Lipinski definition) is 1. The Morgan fingerprint density at radius 3 is 2.92 bits per heavy atom. The van der Waals surface area contributed by atoms with E-state index in [1.807, 2.05) is 0 Å². The van der Waals surface area contributed by atoms with Gasteiger partial charge in [-0.2, -0.15) is 4.39 Å². The monoisotopic (exact) mass is 233 g/mol. The second-order valence-electron chi connectivity index (χ2n) is 2.13. The summed E-state index contributed by atoms with van der Waals surface area (Å²) in [4.78, 5) is 13.6. The van der Waals surface area contributed by atoms with Gasteiger partial charge in [0.1, 0.15) is 0 Å². The smallest absolute Gasteiger partial charge is 0.308 e. The minimum atomic E-state index is -1.08. The molecule has 5 heteroatoms. The van der Waals surface area contributed by atoms with Gasteiger partial charge in [-0.05, 0) is 6.07 Å². The number of aliphatic carboxylic acids is 1. The van der Waals surface area contributed by atoms with Crippen molar-refractivity contribution in [1.82, 2.24) is 4.98 Å². The second-order valence-corrected chi connectivity index (χ2v) is 2.99. The molecule has 1 aromatic heterocycles. The Kier molecular flexibility index (Phi) is 2.75. The number of carbonyl (C=O) groups is 1. The molecule has 0 spiro atoms. The molecule has 1 rings (SSSR count). The molecule has 0 aromatic carbocycles. The first-order valence-electron chi connectivity index (χ1n) is 3.12. The van der Waals surface area contributed by atoms with Gasteiger partial charge in [-0.3, -0.25) is 4.79 Å². The molecule has 0 saturated carbocycles. The first-order chi connectivity index (χ1) is 5.61. The maximum Gasteiger partial charge on any atom is 0.308 e. The summed E-state index contributed by atoms with van der Waals surface area (Å²) in [6.07, 6.45) is 0.908. The lowest BCUT2D eigenvalue weighted by Gasteiger charge is -2.00. The lowest BCUT2D eigenvalue weighted by atomic mass is 10.2. The largest absolute Gasteiger partial charge is 0.481 e. The molecule has 0 unspecified atom stereocenters. The molecule has 1 aromatic rings. The van der Waals surface area contributed by atoms with E-state index in [9.17, 15) is 9.18 Å². The molecule has 0 amide bonds. The van der Waals surface area contributed by atoms with E-state index in [4.69, 9.17) is 5.11 Å². The Labute approximate surface area is 76.4 Å². The first kappa shape index (κ1) is 9.12. The van der Waals surface area contributed by atoms with E-state index >= 15 is 0 Å². The third kappa shape index (κ3) is 2.01. The number of carboxylic acids is 1. The molecule has 0 saturated heterocycles. The number of pyridine rings is 1. The van der Waals surface area contributed by atoms with Crippen LogP contribution in [0, 0.1) is 5.95 Å². The molecule has 0 bridgehead atoms. The summed E-state index contributed by atoms with van der Waals surface area (Å²) in [6.45, 7) is 0. The third-order valence-electron chi connectivity index (χ3n) is 1.27. The topological polar surface area (TPSA) is 50.2 Å². The van der Waals surface area contributed by atoms with Gasteiger partial charge in [0.25, 0.3) is 0 Å². The maximum atomic E-state index is 12.8. The highest BCUT2D eigenvalue weighted by Crippen LogP contribution is 2.17. The average molecular weight is 234 g/mol. The highest BCUT2D eigenvalue weighted by atomic mass is 79.9. The molecular formula is C7H5BrFNO2. The van der Waals surface area contributed by atoms with E-state index in [0.29, 0.717) is 4.47 Å². The van der Waals surface area contributed by atoms with Crippen LogP contribution in [0.25, 0.3) is 0 Å². The Bertz CT molecular complexity index is 296. The van der Waals surface area contributed by atoms with Crippen LogP contribution >= 0.6 is 15.9 Å². The summed E-state index contributed by atoms with van der Waals surface area (Å²) in [5, 5.41) is 8.40. The molecule has 12 heavy (non-hydrogen) atoms. The third-order valence-corrected chi connectivity index (χ3v) is 2.02. The van der Waals surface area contributed by atoms with Gasteiger partial charge in [-0.1, -0.05) is 15.9 Å². The highest BCUT2D eigenvalue weighted by molar-refractivity contribution is 9.10. The van der Waals surface area contributed by atoms with Crippen LogP contribution in [0.5, 0.6) is 0 Å². The molecule has 1 heterocycles. The fourth-order valence-corrected chi connectivity index (χ4v) is 1.18. The minimum Gasteiger partial charge on any atom is -0.481 e. The summed E-state index contributed by atoms with van der Waals surface area (Å²) >= 11 is 3.03. The molecule has 0 atom stereocenters. The average Bonchev–Trinajstić information content (AvgIpc) is 1.97. The zero-order valence-electron chi connectivity index (χ0n) is 5.92. The number of halogens is 2. The van der Waals surface area contributed by atoms with Gasteiger partial charge in [0, 0.05) is 16.2 Å². The molecule has 0 aliphatic carbocycles. The van der Waals surface area contributed by atoms with Crippen LogP contribution < -0.4 is 0 Å². The second kappa shape index (κ2) is 3.62. The lowest BCUT2D eigenvalue weighted by Crippen LogP contribution is -2.04. The summed E-state index contributed by atoms with van der Waals surface area (Å²) in [7, 11) is 0. The Morgan fingerprint density at radius 1 is 1.75 bits per heavy atom. The minimum absolute atomic E-state index is 0.0741. The quantitative estimate of drug-likeness (QED) is 0.790. The van der Waals surface area contributed by atoms with Crippen molar-refractivity contribution in [1.29, 1.82) is 0 Å². The zero-order chi connectivity index (χ0) is 9.14. The van der Waals surface area contributed by atoms with Crippen LogP contribution in [0.1, 0.15) is 5.56 Å². The van der Waals surface area contributed by atoms with Crippen molar-refractivity contribution < 1.29 is 14.3 Å². The molecule has 3 nitrogen and oxygen atoms in total. The number of rotatable bonds is 2. The van der Waals surface area contributed by atoms with E-state index in [1.165, 1.54) is 12.3 Å². The predicted molar refractivity (Wildman–Crippen MR) is 43.2 cm³/mol. The maximum absolute atomic E-state index is 12.8. The molecule has 64 valence electrons. The SMILES string of the molecule is O=C(O)Cc1c(Br)ccnc1F. The fourth-order valence-electron chi connectivity index (χ4n) is 0.754. The number of nitrogens with zero attached hydrogens (tertiary/aromatic N) is 1. The summed E-state index contributed by atoms with van der Waals surface area (Å²) < 4.78 is 13.2. The van der Waals surface area contributed by atoms with Crippen molar-refractivity contribution in [2.24, 2.45) is 0 Å².